The predicted molar refractivity (Wildman–Crippen MR) is 78.5 cm³/mol. The zero-order chi connectivity index (χ0) is 14.8. The first-order chi connectivity index (χ1) is 7.90. The fourth-order valence-corrected chi connectivity index (χ4v) is 4.30. The first-order valence-electron chi connectivity index (χ1n) is 4.67. The molecule has 0 fully saturated rings. The van der Waals surface area contributed by atoms with Crippen LogP contribution in [0.15, 0.2) is 0 Å². The Morgan fingerprint density at radius 2 is 1.89 bits per heavy atom. The molecule has 0 amide bonds. The van der Waals surface area contributed by atoms with E-state index in [4.69, 9.17) is 51.7 Å². The predicted octanol–water partition coefficient (Wildman–Crippen LogP) is 3.52. The first-order valence-corrected chi connectivity index (χ1v) is 8.92. The molecule has 0 heterocycles. The van der Waals surface area contributed by atoms with E-state index in [1.54, 1.807) is 6.92 Å². The fraction of sp³-hybridized carbons (Fsp3) is 0.875. The highest BCUT2D eigenvalue weighted by atomic mass is 35.5. The fourth-order valence-electron chi connectivity index (χ4n) is 0.934. The van der Waals surface area contributed by atoms with Gasteiger partial charge in [0, 0.05) is 0 Å². The lowest BCUT2D eigenvalue weighted by Gasteiger charge is -2.35. The zero-order valence-corrected chi connectivity index (χ0v) is 14.5. The maximum Gasteiger partial charge on any atom is 0.222 e. The van der Waals surface area contributed by atoms with E-state index in [1.165, 1.54) is 6.92 Å². The summed E-state index contributed by atoms with van der Waals surface area (Å²) in [5, 5.41) is 9.13. The summed E-state index contributed by atoms with van der Waals surface area (Å²) in [6, 6.07) is 1.92. The van der Waals surface area contributed by atoms with E-state index in [-0.39, 0.29) is 6.42 Å². The van der Waals surface area contributed by atoms with Gasteiger partial charge in [-0.3, -0.25) is 0 Å². The van der Waals surface area contributed by atoms with E-state index < -0.39 is 24.1 Å². The van der Waals surface area contributed by atoms with E-state index in [0.29, 0.717) is 11.9 Å². The van der Waals surface area contributed by atoms with Crippen molar-refractivity contribution in [3.05, 3.63) is 0 Å². The van der Waals surface area contributed by atoms with E-state index in [1.807, 2.05) is 6.07 Å². The van der Waals surface area contributed by atoms with Gasteiger partial charge in [0.2, 0.25) is 13.7 Å². The van der Waals surface area contributed by atoms with Crippen molar-refractivity contribution < 1.29 is 8.42 Å². The second-order valence-corrected chi connectivity index (χ2v) is 9.87. The van der Waals surface area contributed by atoms with Gasteiger partial charge in [-0.05, 0) is 25.3 Å². The molecule has 18 heavy (non-hydrogen) atoms. The quantitative estimate of drug-likeness (QED) is 0.527. The molecule has 0 spiro atoms. The van der Waals surface area contributed by atoms with E-state index in [9.17, 15) is 8.42 Å². The normalized spacial score (nSPS) is 16.7. The minimum absolute atomic E-state index is 0.253. The molecular formula is C8H12Cl4N2O2S2. The third kappa shape index (κ3) is 4.78. The molecule has 0 aliphatic heterocycles. The Labute approximate surface area is 132 Å². The smallest absolute Gasteiger partial charge is 0.212 e. The lowest BCUT2D eigenvalue weighted by Crippen LogP contribution is -2.46. The monoisotopic (exact) mass is 372 g/mol. The maximum absolute atomic E-state index is 11.7. The number of nitrogens with zero attached hydrogens (tertiary/aromatic N) is 2. The van der Waals surface area contributed by atoms with Crippen molar-refractivity contribution >= 4 is 68.4 Å². The number of halogens is 4. The van der Waals surface area contributed by atoms with Crippen molar-refractivity contribution in [1.29, 1.82) is 5.26 Å². The number of hydrogen-bond acceptors (Lipinski definition) is 4. The van der Waals surface area contributed by atoms with Crippen LogP contribution in [-0.4, -0.2) is 32.4 Å². The van der Waals surface area contributed by atoms with E-state index in [0.717, 1.165) is 9.97 Å². The van der Waals surface area contributed by atoms with Crippen molar-refractivity contribution in [3.63, 3.8) is 0 Å². The van der Waals surface area contributed by atoms with Gasteiger partial charge in [0.25, 0.3) is 0 Å². The Hall–Kier alpha value is 0.910. The molecule has 1 atom stereocenters. The maximum atomic E-state index is 11.7. The van der Waals surface area contributed by atoms with Gasteiger partial charge >= 0.3 is 0 Å². The summed E-state index contributed by atoms with van der Waals surface area (Å²) in [7, 11) is -3.73. The number of alkyl halides is 4. The lowest BCUT2D eigenvalue weighted by molar-refractivity contribution is 0.389. The van der Waals surface area contributed by atoms with Crippen molar-refractivity contribution in [2.24, 2.45) is 0 Å². The van der Waals surface area contributed by atoms with E-state index in [2.05, 4.69) is 0 Å². The molecule has 106 valence electrons. The molecule has 0 bridgehead atoms. The third-order valence-electron chi connectivity index (χ3n) is 2.09. The Morgan fingerprint density at radius 3 is 2.11 bits per heavy atom. The number of sulfonamides is 1. The number of hydrogen-bond donors (Lipinski definition) is 0. The van der Waals surface area contributed by atoms with Gasteiger partial charge in [-0.25, -0.2) is 8.42 Å². The van der Waals surface area contributed by atoms with Crippen molar-refractivity contribution in [2.45, 2.75) is 34.3 Å². The highest BCUT2D eigenvalue weighted by Crippen LogP contribution is 2.47. The van der Waals surface area contributed by atoms with Crippen LogP contribution in [0, 0.1) is 11.3 Å². The number of nitriles is 1. The summed E-state index contributed by atoms with van der Waals surface area (Å²) in [5.74, 6) is 0. The van der Waals surface area contributed by atoms with Crippen LogP contribution in [0.4, 0.5) is 0 Å². The van der Waals surface area contributed by atoms with Crippen LogP contribution in [0.3, 0.4) is 0 Å². The molecule has 4 nitrogen and oxygen atoms in total. The summed E-state index contributed by atoms with van der Waals surface area (Å²) in [6.07, 6.45) is 1.20. The average Bonchev–Trinajstić information content (AvgIpc) is 2.23. The van der Waals surface area contributed by atoms with Crippen LogP contribution < -0.4 is 0 Å². The first kappa shape index (κ1) is 18.9. The summed E-state index contributed by atoms with van der Waals surface area (Å²) in [6.45, 7) is 3.13. The molecule has 1 unspecified atom stereocenters. The molecule has 0 aromatic rings. The molecule has 0 aliphatic rings. The van der Waals surface area contributed by atoms with Gasteiger partial charge in [-0.15, -0.1) is 26.9 Å². The largest absolute Gasteiger partial charge is 0.222 e. The Morgan fingerprint density at radius 1 is 1.44 bits per heavy atom. The second-order valence-electron chi connectivity index (χ2n) is 3.68. The molecule has 10 heteroatoms. The van der Waals surface area contributed by atoms with Crippen LogP contribution in [0.25, 0.3) is 0 Å². The Kier molecular flexibility index (Phi) is 6.91. The van der Waals surface area contributed by atoms with Crippen LogP contribution in [0.5, 0.6) is 0 Å². The molecule has 0 saturated heterocycles. The number of rotatable bonds is 6. The van der Waals surface area contributed by atoms with Gasteiger partial charge in [0.15, 0.2) is 4.84 Å². The van der Waals surface area contributed by atoms with Crippen molar-refractivity contribution in [2.75, 3.05) is 6.26 Å². The highest BCUT2D eigenvalue weighted by molar-refractivity contribution is 8.10. The van der Waals surface area contributed by atoms with Gasteiger partial charge in [-0.1, -0.05) is 30.1 Å². The van der Waals surface area contributed by atoms with Gasteiger partial charge in [0.05, 0.1) is 12.3 Å². The Balaban J connectivity index is 5.52. The second kappa shape index (κ2) is 6.57. The molecular weight excluding hydrogens is 362 g/mol. The molecule has 0 radical (unpaired) electrons. The molecule has 0 aliphatic carbocycles. The van der Waals surface area contributed by atoms with Crippen LogP contribution in [0.1, 0.15) is 20.3 Å². The van der Waals surface area contributed by atoms with Crippen molar-refractivity contribution in [1.82, 2.24) is 3.71 Å². The molecule has 0 aromatic carbocycles. The van der Waals surface area contributed by atoms with Crippen LogP contribution in [-0.2, 0) is 10.0 Å². The minimum atomic E-state index is -3.73. The van der Waals surface area contributed by atoms with Gasteiger partial charge < -0.3 is 0 Å². The van der Waals surface area contributed by atoms with E-state index >= 15 is 0 Å². The highest BCUT2D eigenvalue weighted by Gasteiger charge is 2.45. The SMILES string of the molecule is CCC(C)(C#N)N(SC(Cl)(Cl)C(Cl)Cl)S(C)(=O)=O. The molecule has 0 N–H and O–H groups in total. The summed E-state index contributed by atoms with van der Waals surface area (Å²) < 4.78 is 22.5. The van der Waals surface area contributed by atoms with Crippen molar-refractivity contribution in [3.8, 4) is 6.07 Å². The average molecular weight is 374 g/mol. The van der Waals surface area contributed by atoms with Crippen LogP contribution in [0.2, 0.25) is 0 Å². The summed E-state index contributed by atoms with van der Waals surface area (Å²) in [5.41, 5.74) is -1.30. The molecule has 0 rings (SSSR count). The summed E-state index contributed by atoms with van der Waals surface area (Å²) in [4.78, 5) is -1.23. The van der Waals surface area contributed by atoms with Crippen LogP contribution >= 0.6 is 58.4 Å². The molecule has 0 saturated carbocycles. The zero-order valence-electron chi connectivity index (χ0n) is 9.82. The third-order valence-corrected chi connectivity index (χ3v) is 7.39. The molecule has 0 aromatic heterocycles. The standard InChI is InChI=1S/C8H12Cl4N2O2S2/c1-4-7(2,5-13)14(18(3,15)16)17-8(11,12)6(9)10/h6H,4H2,1-3H3. The summed E-state index contributed by atoms with van der Waals surface area (Å²) >= 11 is 23.3. The Bertz CT molecular complexity index is 435. The van der Waals surface area contributed by atoms with Gasteiger partial charge in [0.1, 0.15) is 5.54 Å². The lowest BCUT2D eigenvalue weighted by atomic mass is 10.0. The van der Waals surface area contributed by atoms with Gasteiger partial charge in [-0.2, -0.15) is 5.26 Å². The minimum Gasteiger partial charge on any atom is -0.212 e. The topological polar surface area (TPSA) is 61.2 Å².